The van der Waals surface area contributed by atoms with E-state index in [1.54, 1.807) is 25.3 Å². The third-order valence-corrected chi connectivity index (χ3v) is 5.11. The van der Waals surface area contributed by atoms with Crippen LogP contribution in [-0.4, -0.2) is 46.9 Å². The lowest BCUT2D eigenvalue weighted by Crippen LogP contribution is -2.53. The van der Waals surface area contributed by atoms with Crippen molar-refractivity contribution < 1.29 is 18.4 Å². The number of anilines is 1. The Morgan fingerprint density at radius 2 is 1.74 bits per heavy atom. The monoisotopic (exact) mass is 433 g/mol. The fourth-order valence-electron chi connectivity index (χ4n) is 3.19. The van der Waals surface area contributed by atoms with E-state index in [-0.39, 0.29) is 18.9 Å². The third-order valence-electron chi connectivity index (χ3n) is 5.11. The van der Waals surface area contributed by atoms with Gasteiger partial charge in [-0.2, -0.15) is 0 Å². The van der Waals surface area contributed by atoms with Crippen molar-refractivity contribution in [3.05, 3.63) is 59.3 Å². The van der Waals surface area contributed by atoms with E-state index in [4.69, 9.17) is 5.73 Å². The van der Waals surface area contributed by atoms with Crippen LogP contribution in [0.15, 0.2) is 36.5 Å². The largest absolute Gasteiger partial charge is 0.384 e. The SMILES string of the molecule is CCN(CC)C(C)C(=O)N[C@@H](Cc1ccc(F)c(F)c1)C(=O)NCc1ccc(N)nc1. The summed E-state index contributed by atoms with van der Waals surface area (Å²) in [6.07, 6.45) is 1.56. The molecule has 0 saturated heterocycles. The highest BCUT2D eigenvalue weighted by Gasteiger charge is 2.26. The smallest absolute Gasteiger partial charge is 0.243 e. The molecule has 2 rings (SSSR count). The standard InChI is InChI=1S/C22H29F2N5O2/c1-4-29(5-2)14(3)21(30)28-19(11-15-6-8-17(23)18(24)10-15)22(31)27-13-16-7-9-20(25)26-12-16/h6-10,12,14,19H,4-5,11,13H2,1-3H3,(H2,25,26)(H,27,31)(H,28,30)/t14?,19-/m0/s1. The van der Waals surface area contributed by atoms with Gasteiger partial charge < -0.3 is 16.4 Å². The number of rotatable bonds is 10. The number of nitrogens with zero attached hydrogens (tertiary/aromatic N) is 2. The summed E-state index contributed by atoms with van der Waals surface area (Å²) in [5.74, 6) is -2.38. The Balaban J connectivity index is 2.15. The molecule has 9 heteroatoms. The topological polar surface area (TPSA) is 100 Å². The summed E-state index contributed by atoms with van der Waals surface area (Å²) < 4.78 is 26.9. The molecule has 0 spiro atoms. The summed E-state index contributed by atoms with van der Waals surface area (Å²) in [7, 11) is 0. The Labute approximate surface area is 181 Å². The Kier molecular flexibility index (Phi) is 8.87. The van der Waals surface area contributed by atoms with Crippen LogP contribution in [0, 0.1) is 11.6 Å². The zero-order valence-electron chi connectivity index (χ0n) is 18.0. The lowest BCUT2D eigenvalue weighted by molar-refractivity contribution is -0.131. The van der Waals surface area contributed by atoms with E-state index in [1.807, 2.05) is 18.7 Å². The number of aromatic nitrogens is 1. The fourth-order valence-corrected chi connectivity index (χ4v) is 3.19. The molecule has 168 valence electrons. The van der Waals surface area contributed by atoms with Gasteiger partial charge in [-0.3, -0.25) is 14.5 Å². The van der Waals surface area contributed by atoms with Gasteiger partial charge in [-0.1, -0.05) is 26.0 Å². The van der Waals surface area contributed by atoms with E-state index in [1.165, 1.54) is 6.07 Å². The van der Waals surface area contributed by atoms with Gasteiger partial charge in [0.2, 0.25) is 11.8 Å². The van der Waals surface area contributed by atoms with E-state index in [9.17, 15) is 18.4 Å². The molecule has 1 aromatic heterocycles. The predicted molar refractivity (Wildman–Crippen MR) is 115 cm³/mol. The van der Waals surface area contributed by atoms with Gasteiger partial charge in [0.05, 0.1) is 6.04 Å². The average Bonchev–Trinajstić information content (AvgIpc) is 2.75. The molecule has 0 radical (unpaired) electrons. The fraction of sp³-hybridized carbons (Fsp3) is 0.409. The second kappa shape index (κ2) is 11.4. The molecule has 2 amide bonds. The molecular weight excluding hydrogens is 404 g/mol. The molecule has 0 aliphatic carbocycles. The minimum atomic E-state index is -1.01. The van der Waals surface area contributed by atoms with Crippen LogP contribution in [0.3, 0.4) is 0 Å². The number of nitrogens with one attached hydrogen (secondary N) is 2. The first-order valence-electron chi connectivity index (χ1n) is 10.2. The number of benzene rings is 1. The van der Waals surface area contributed by atoms with Crippen molar-refractivity contribution in [2.75, 3.05) is 18.8 Å². The normalized spacial score (nSPS) is 13.0. The maximum atomic E-state index is 13.6. The summed E-state index contributed by atoms with van der Waals surface area (Å²) in [5, 5.41) is 5.50. The highest BCUT2D eigenvalue weighted by molar-refractivity contribution is 5.89. The summed E-state index contributed by atoms with van der Waals surface area (Å²) in [6.45, 7) is 7.18. The lowest BCUT2D eigenvalue weighted by atomic mass is 10.0. The third kappa shape index (κ3) is 6.99. The van der Waals surface area contributed by atoms with Gasteiger partial charge in [-0.15, -0.1) is 0 Å². The van der Waals surface area contributed by atoms with Crippen molar-refractivity contribution in [2.45, 2.75) is 45.8 Å². The van der Waals surface area contributed by atoms with Gasteiger partial charge in [-0.05, 0) is 49.3 Å². The molecule has 0 fully saturated rings. The summed E-state index contributed by atoms with van der Waals surface area (Å²) in [4.78, 5) is 31.5. The molecule has 0 saturated carbocycles. The molecule has 0 bridgehead atoms. The van der Waals surface area contributed by atoms with Crippen molar-refractivity contribution in [1.29, 1.82) is 0 Å². The number of carbonyl (C=O) groups is 2. The van der Waals surface area contributed by atoms with E-state index in [0.717, 1.165) is 17.7 Å². The molecule has 4 N–H and O–H groups in total. The van der Waals surface area contributed by atoms with Crippen molar-refractivity contribution in [2.24, 2.45) is 0 Å². The zero-order valence-corrected chi connectivity index (χ0v) is 18.0. The van der Waals surface area contributed by atoms with Crippen LogP contribution in [0.1, 0.15) is 31.9 Å². The van der Waals surface area contributed by atoms with E-state index in [2.05, 4.69) is 15.6 Å². The number of hydrogen-bond acceptors (Lipinski definition) is 5. The number of hydrogen-bond donors (Lipinski definition) is 3. The molecular formula is C22H29F2N5O2. The first-order chi connectivity index (χ1) is 14.7. The minimum absolute atomic E-state index is 0.0136. The molecule has 1 aromatic carbocycles. The Morgan fingerprint density at radius 1 is 1.06 bits per heavy atom. The maximum Gasteiger partial charge on any atom is 0.243 e. The van der Waals surface area contributed by atoms with Gasteiger partial charge in [0.25, 0.3) is 0 Å². The second-order valence-corrected chi connectivity index (χ2v) is 7.22. The van der Waals surface area contributed by atoms with Crippen LogP contribution >= 0.6 is 0 Å². The molecule has 0 aliphatic heterocycles. The number of amides is 2. The van der Waals surface area contributed by atoms with Gasteiger partial charge >= 0.3 is 0 Å². The summed E-state index contributed by atoms with van der Waals surface area (Å²) in [6, 6.07) is 5.36. The van der Waals surface area contributed by atoms with Crippen LogP contribution in [0.2, 0.25) is 0 Å². The quantitative estimate of drug-likeness (QED) is 0.532. The molecule has 1 unspecified atom stereocenters. The Morgan fingerprint density at radius 3 is 2.32 bits per heavy atom. The first-order valence-corrected chi connectivity index (χ1v) is 10.2. The summed E-state index contributed by atoms with van der Waals surface area (Å²) in [5.41, 5.74) is 6.69. The predicted octanol–water partition coefficient (Wildman–Crippen LogP) is 2.02. The van der Waals surface area contributed by atoms with Gasteiger partial charge in [0.1, 0.15) is 11.9 Å². The van der Waals surface area contributed by atoms with Gasteiger partial charge in [0.15, 0.2) is 11.6 Å². The zero-order chi connectivity index (χ0) is 23.0. The number of likely N-dealkylation sites (N-methyl/N-ethyl adjacent to an activating group) is 1. The van der Waals surface area contributed by atoms with Crippen molar-refractivity contribution in [3.63, 3.8) is 0 Å². The summed E-state index contributed by atoms with van der Waals surface area (Å²) >= 11 is 0. The number of carbonyl (C=O) groups excluding carboxylic acids is 2. The molecule has 2 aromatic rings. The molecule has 2 atom stereocenters. The highest BCUT2D eigenvalue weighted by Crippen LogP contribution is 2.12. The van der Waals surface area contributed by atoms with Crippen LogP contribution < -0.4 is 16.4 Å². The van der Waals surface area contributed by atoms with Crippen LogP contribution in [0.4, 0.5) is 14.6 Å². The van der Waals surface area contributed by atoms with E-state index >= 15 is 0 Å². The minimum Gasteiger partial charge on any atom is -0.384 e. The van der Waals surface area contributed by atoms with Gasteiger partial charge in [0, 0.05) is 19.2 Å². The van der Waals surface area contributed by atoms with Crippen molar-refractivity contribution in [1.82, 2.24) is 20.5 Å². The number of pyridine rings is 1. The van der Waals surface area contributed by atoms with Crippen LogP contribution in [0.5, 0.6) is 0 Å². The Bertz CT molecular complexity index is 888. The van der Waals surface area contributed by atoms with Crippen LogP contribution in [-0.2, 0) is 22.6 Å². The molecule has 0 aliphatic rings. The van der Waals surface area contributed by atoms with Crippen LogP contribution in [0.25, 0.3) is 0 Å². The highest BCUT2D eigenvalue weighted by atomic mass is 19.2. The number of nitrogen functional groups attached to an aromatic ring is 1. The second-order valence-electron chi connectivity index (χ2n) is 7.22. The molecule has 7 nitrogen and oxygen atoms in total. The van der Waals surface area contributed by atoms with Crippen molar-refractivity contribution >= 4 is 17.6 Å². The first kappa shape index (κ1) is 24.2. The van der Waals surface area contributed by atoms with E-state index in [0.29, 0.717) is 24.5 Å². The molecule has 1 heterocycles. The van der Waals surface area contributed by atoms with E-state index < -0.39 is 29.6 Å². The van der Waals surface area contributed by atoms with Gasteiger partial charge in [-0.25, -0.2) is 13.8 Å². The molecule has 31 heavy (non-hydrogen) atoms. The number of halogens is 2. The van der Waals surface area contributed by atoms with Crippen molar-refractivity contribution in [3.8, 4) is 0 Å². The Hall–Kier alpha value is -3.07. The number of nitrogens with two attached hydrogens (primary N) is 1. The lowest BCUT2D eigenvalue weighted by Gasteiger charge is -2.27. The maximum absolute atomic E-state index is 13.6. The average molecular weight is 434 g/mol.